The molecule has 0 amide bonds. The maximum atomic E-state index is 13.8. The third-order valence-electron chi connectivity index (χ3n) is 5.46. The Bertz CT molecular complexity index is 1180. The summed E-state index contributed by atoms with van der Waals surface area (Å²) in [6.07, 6.45) is -0.0924. The molecule has 3 heterocycles. The van der Waals surface area contributed by atoms with E-state index < -0.39 is 30.2 Å². The molecule has 2 aliphatic rings. The Morgan fingerprint density at radius 1 is 1.42 bits per heavy atom. The van der Waals surface area contributed by atoms with Crippen LogP contribution in [0.25, 0.3) is 0 Å². The van der Waals surface area contributed by atoms with Crippen molar-refractivity contribution in [1.29, 1.82) is 0 Å². The molecule has 2 aliphatic heterocycles. The maximum absolute atomic E-state index is 13.8. The van der Waals surface area contributed by atoms with Crippen LogP contribution in [-0.2, 0) is 19.0 Å². The van der Waals surface area contributed by atoms with Gasteiger partial charge in [0.2, 0.25) is 0 Å². The van der Waals surface area contributed by atoms with Crippen LogP contribution in [-0.4, -0.2) is 72.1 Å². The van der Waals surface area contributed by atoms with Crippen molar-refractivity contribution in [3.8, 4) is 0 Å². The average Bonchev–Trinajstić information content (AvgIpc) is 3.38. The van der Waals surface area contributed by atoms with Gasteiger partial charge in [-0.1, -0.05) is 24.6 Å². The third-order valence-corrected chi connectivity index (χ3v) is 6.57. The van der Waals surface area contributed by atoms with Gasteiger partial charge >= 0.3 is 12.1 Å². The van der Waals surface area contributed by atoms with Gasteiger partial charge in [-0.05, 0) is 18.6 Å². The van der Waals surface area contributed by atoms with Crippen LogP contribution >= 0.6 is 22.9 Å². The lowest BCUT2D eigenvalue weighted by molar-refractivity contribution is -0.139. The highest BCUT2D eigenvalue weighted by Crippen LogP contribution is 2.37. The summed E-state index contributed by atoms with van der Waals surface area (Å²) >= 11 is 7.74. The normalized spacial score (nSPS) is 20.5. The average molecular weight is 539 g/mol. The molecule has 1 aromatic carbocycles. The number of aliphatic imine (C=N–C) groups is 1. The predicted octanol–water partition coefficient (Wildman–Crippen LogP) is 3.59. The zero-order valence-electron chi connectivity index (χ0n) is 19.3. The highest BCUT2D eigenvalue weighted by Gasteiger charge is 2.36. The number of hydrogen-bond acceptors (Lipinski definition) is 10. The van der Waals surface area contributed by atoms with Crippen molar-refractivity contribution in [2.24, 2.45) is 4.99 Å². The van der Waals surface area contributed by atoms with Gasteiger partial charge in [-0.2, -0.15) is 0 Å². The number of carboxylic acid groups (broad SMARTS) is 1. The molecule has 0 spiro atoms. The fourth-order valence-corrected chi connectivity index (χ4v) is 4.71. The Labute approximate surface area is 215 Å². The van der Waals surface area contributed by atoms with E-state index in [9.17, 15) is 14.0 Å². The fraction of sp³-hybridized carbons (Fsp3) is 0.391. The van der Waals surface area contributed by atoms with Crippen LogP contribution in [0.1, 0.15) is 30.0 Å². The highest BCUT2D eigenvalue weighted by molar-refractivity contribution is 7.11. The molecule has 2 aromatic rings. The number of rotatable bonds is 8. The van der Waals surface area contributed by atoms with Crippen molar-refractivity contribution in [3.63, 3.8) is 0 Å². The van der Waals surface area contributed by atoms with Crippen LogP contribution in [0.2, 0.25) is 5.02 Å². The van der Waals surface area contributed by atoms with Gasteiger partial charge in [0.1, 0.15) is 11.9 Å². The van der Waals surface area contributed by atoms with E-state index in [0.29, 0.717) is 41.7 Å². The summed E-state index contributed by atoms with van der Waals surface area (Å²) in [5, 5.41) is 14.8. The molecule has 0 aliphatic carbocycles. The van der Waals surface area contributed by atoms with Crippen molar-refractivity contribution in [2.75, 3.05) is 32.9 Å². The molecule has 4 rings (SSSR count). The standard InChI is InChI=1S/C23H24ClFN4O6S/c1-2-7-34-22(30)18-16(11-29-6-8-33-12-17(29)35-23(31)32)27-20(21-26-5-9-36-21)28-19(18)14-4-3-13(25)10-15(14)24/h3-5,9-10,17,19H,2,6-8,11-12H2,1H3,(H,27,28)(H,31,32)/t17-,19?/m0/s1. The van der Waals surface area contributed by atoms with Gasteiger partial charge in [-0.15, -0.1) is 11.3 Å². The molecule has 2 N–H and O–H groups in total. The zero-order chi connectivity index (χ0) is 25.7. The largest absolute Gasteiger partial charge is 0.507 e. The van der Waals surface area contributed by atoms with Gasteiger partial charge in [0.05, 0.1) is 25.4 Å². The Hall–Kier alpha value is -3.06. The second kappa shape index (κ2) is 11.8. The number of carbonyl (C=O) groups is 2. The molecule has 192 valence electrons. The van der Waals surface area contributed by atoms with Gasteiger partial charge in [-0.25, -0.2) is 19.0 Å². The number of amidine groups is 1. The maximum Gasteiger partial charge on any atom is 0.507 e. The van der Waals surface area contributed by atoms with Crippen molar-refractivity contribution < 1.29 is 33.3 Å². The second-order valence-corrected chi connectivity index (χ2v) is 9.22. The number of carbonyl (C=O) groups excluding carboxylic acids is 1. The predicted molar refractivity (Wildman–Crippen MR) is 130 cm³/mol. The van der Waals surface area contributed by atoms with E-state index in [1.807, 2.05) is 6.92 Å². The van der Waals surface area contributed by atoms with Crippen LogP contribution in [0, 0.1) is 5.82 Å². The summed E-state index contributed by atoms with van der Waals surface area (Å²) in [5.74, 6) is -0.750. The van der Waals surface area contributed by atoms with Crippen molar-refractivity contribution in [2.45, 2.75) is 25.6 Å². The fourth-order valence-electron chi connectivity index (χ4n) is 3.85. The Morgan fingerprint density at radius 3 is 2.94 bits per heavy atom. The van der Waals surface area contributed by atoms with Crippen molar-refractivity contribution in [3.05, 3.63) is 62.5 Å². The molecule has 36 heavy (non-hydrogen) atoms. The molecular weight excluding hydrogens is 515 g/mol. The van der Waals surface area contributed by atoms with Gasteiger partial charge in [0.15, 0.2) is 17.1 Å². The number of ether oxygens (including phenoxy) is 3. The quantitative estimate of drug-likeness (QED) is 0.485. The van der Waals surface area contributed by atoms with E-state index in [0.717, 1.165) is 6.07 Å². The molecule has 1 saturated heterocycles. The summed E-state index contributed by atoms with van der Waals surface area (Å²) in [6, 6.07) is 2.96. The Morgan fingerprint density at radius 2 is 2.25 bits per heavy atom. The molecule has 10 nitrogen and oxygen atoms in total. The number of esters is 1. The van der Waals surface area contributed by atoms with Gasteiger partial charge in [-0.3, -0.25) is 9.89 Å². The summed E-state index contributed by atoms with van der Waals surface area (Å²) in [5.41, 5.74) is 1.01. The lowest BCUT2D eigenvalue weighted by Crippen LogP contribution is -2.50. The van der Waals surface area contributed by atoms with E-state index in [4.69, 9.17) is 35.9 Å². The topological polar surface area (TPSA) is 123 Å². The molecule has 1 unspecified atom stereocenters. The number of nitrogens with one attached hydrogen (secondary N) is 1. The number of thiazole rings is 1. The summed E-state index contributed by atoms with van der Waals surface area (Å²) in [4.78, 5) is 35.3. The zero-order valence-corrected chi connectivity index (χ0v) is 20.9. The minimum atomic E-state index is -1.44. The van der Waals surface area contributed by atoms with Crippen LogP contribution in [0.3, 0.4) is 0 Å². The minimum Gasteiger partial charge on any atom is -0.462 e. The minimum absolute atomic E-state index is 0.0375. The van der Waals surface area contributed by atoms with Crippen molar-refractivity contribution in [1.82, 2.24) is 15.2 Å². The van der Waals surface area contributed by atoms with Crippen molar-refractivity contribution >= 4 is 40.9 Å². The SMILES string of the molecule is CCCOC(=O)C1=C(CN2CCOC[C@@H]2OC(=O)O)NC(c2nccs2)=NC1c1ccc(F)cc1Cl. The van der Waals surface area contributed by atoms with Gasteiger partial charge in [0, 0.05) is 40.9 Å². The number of halogens is 2. The Balaban J connectivity index is 1.80. The van der Waals surface area contributed by atoms with E-state index >= 15 is 0 Å². The highest BCUT2D eigenvalue weighted by atomic mass is 35.5. The van der Waals surface area contributed by atoms with E-state index in [-0.39, 0.29) is 30.4 Å². The molecule has 1 aromatic heterocycles. The van der Waals surface area contributed by atoms with Crippen LogP contribution in [0.5, 0.6) is 0 Å². The first kappa shape index (κ1) is 26.0. The molecule has 1 fully saturated rings. The van der Waals surface area contributed by atoms with Crippen LogP contribution < -0.4 is 5.32 Å². The number of hydrogen-bond donors (Lipinski definition) is 2. The number of benzene rings is 1. The molecule has 0 bridgehead atoms. The smallest absolute Gasteiger partial charge is 0.462 e. The molecule has 2 atom stereocenters. The Kier molecular flexibility index (Phi) is 8.52. The molecule has 0 saturated carbocycles. The first-order chi connectivity index (χ1) is 17.4. The second-order valence-electron chi connectivity index (χ2n) is 7.92. The number of morpholine rings is 1. The number of aromatic nitrogens is 1. The number of nitrogens with zero attached hydrogens (tertiary/aromatic N) is 3. The summed E-state index contributed by atoms with van der Waals surface area (Å²) in [7, 11) is 0. The van der Waals surface area contributed by atoms with E-state index in [2.05, 4.69) is 10.3 Å². The molecule has 13 heteroatoms. The van der Waals surface area contributed by atoms with Crippen LogP contribution in [0.4, 0.5) is 9.18 Å². The van der Waals surface area contributed by atoms with Gasteiger partial charge < -0.3 is 24.6 Å². The molecule has 0 radical (unpaired) electrons. The van der Waals surface area contributed by atoms with Gasteiger partial charge in [0.25, 0.3) is 0 Å². The van der Waals surface area contributed by atoms with E-state index in [1.165, 1.54) is 23.5 Å². The summed E-state index contributed by atoms with van der Waals surface area (Å²) in [6.45, 7) is 2.89. The lowest BCUT2D eigenvalue weighted by Gasteiger charge is -2.36. The first-order valence-corrected chi connectivity index (χ1v) is 12.4. The van der Waals surface area contributed by atoms with Crippen LogP contribution in [0.15, 0.2) is 46.0 Å². The monoisotopic (exact) mass is 538 g/mol. The van der Waals surface area contributed by atoms with E-state index in [1.54, 1.807) is 16.5 Å². The lowest BCUT2D eigenvalue weighted by atomic mass is 9.95. The summed E-state index contributed by atoms with van der Waals surface area (Å²) < 4.78 is 29.7. The third kappa shape index (κ3) is 6.01. The molecular formula is C23H24ClFN4O6S. The first-order valence-electron chi connectivity index (χ1n) is 11.2.